The Kier molecular flexibility index (Phi) is 6.43. The lowest BCUT2D eigenvalue weighted by Crippen LogP contribution is -2.35. The normalized spacial score (nSPS) is 14.8. The molecule has 1 aromatic heterocycles. The first-order valence-corrected chi connectivity index (χ1v) is 9.12. The van der Waals surface area contributed by atoms with Crippen molar-refractivity contribution in [3.8, 4) is 0 Å². The van der Waals surface area contributed by atoms with Crippen LogP contribution in [-0.2, 0) is 16.1 Å². The second-order valence-electron chi connectivity index (χ2n) is 5.92. The summed E-state index contributed by atoms with van der Waals surface area (Å²) in [5.41, 5.74) is 1.87. The topological polar surface area (TPSA) is 83.8 Å². The Morgan fingerprint density at radius 2 is 1.81 bits per heavy atom. The Balaban J connectivity index is 1.44. The molecule has 1 aromatic carbocycles. The third-order valence-electron chi connectivity index (χ3n) is 3.95. The highest BCUT2D eigenvalue weighted by molar-refractivity contribution is 9.10. The predicted octanol–water partition coefficient (Wildman–Crippen LogP) is 2.24. The average molecular weight is 422 g/mol. The van der Waals surface area contributed by atoms with E-state index in [1.165, 1.54) is 11.6 Å². The van der Waals surface area contributed by atoms with Crippen LogP contribution in [0.2, 0.25) is 0 Å². The van der Waals surface area contributed by atoms with Gasteiger partial charge in [0, 0.05) is 25.3 Å². The summed E-state index contributed by atoms with van der Waals surface area (Å²) in [6, 6.07) is 10.9. The maximum atomic E-state index is 12.0. The van der Waals surface area contributed by atoms with E-state index in [9.17, 15) is 9.59 Å². The smallest absolute Gasteiger partial charge is 0.287 e. The molecule has 0 aliphatic carbocycles. The van der Waals surface area contributed by atoms with Crippen molar-refractivity contribution in [2.75, 3.05) is 38.2 Å². The number of carbonyl (C=O) groups excluding carboxylic acids is 2. The summed E-state index contributed by atoms with van der Waals surface area (Å²) in [7, 11) is 0. The lowest BCUT2D eigenvalue weighted by Gasteiger charge is -2.26. The fraction of sp³-hybridized carbons (Fsp3) is 0.333. The summed E-state index contributed by atoms with van der Waals surface area (Å²) in [6.45, 7) is 4.15. The monoisotopic (exact) mass is 421 g/mol. The molecule has 2 amide bonds. The fourth-order valence-electron chi connectivity index (χ4n) is 2.60. The number of hydrogen-bond donors (Lipinski definition) is 2. The van der Waals surface area contributed by atoms with Crippen molar-refractivity contribution in [3.63, 3.8) is 0 Å². The van der Waals surface area contributed by atoms with Gasteiger partial charge in [0.25, 0.3) is 5.91 Å². The van der Waals surface area contributed by atoms with Crippen LogP contribution >= 0.6 is 15.9 Å². The van der Waals surface area contributed by atoms with Crippen molar-refractivity contribution in [1.82, 2.24) is 10.2 Å². The van der Waals surface area contributed by atoms with Gasteiger partial charge in [0.2, 0.25) is 5.91 Å². The van der Waals surface area contributed by atoms with E-state index in [0.717, 1.165) is 32.8 Å². The first-order valence-electron chi connectivity index (χ1n) is 8.32. The van der Waals surface area contributed by atoms with Gasteiger partial charge in [-0.25, -0.2) is 0 Å². The highest BCUT2D eigenvalue weighted by Crippen LogP contribution is 2.14. The lowest BCUT2D eigenvalue weighted by atomic mass is 10.2. The minimum absolute atomic E-state index is 0.132. The van der Waals surface area contributed by atoms with Crippen LogP contribution in [0.1, 0.15) is 16.1 Å². The molecule has 2 aromatic rings. The number of morpholine rings is 1. The van der Waals surface area contributed by atoms with Gasteiger partial charge in [0.15, 0.2) is 10.4 Å². The average Bonchev–Trinajstić information content (AvgIpc) is 3.09. The zero-order chi connectivity index (χ0) is 18.4. The standard InChI is InChI=1S/C18H20BrN3O4/c19-16-6-5-15(26-16)18(24)20-11-17(23)21-14-3-1-13(2-4-14)12-22-7-9-25-10-8-22/h1-6H,7-12H2,(H,20,24)(H,21,23). The molecular weight excluding hydrogens is 402 g/mol. The molecule has 0 atom stereocenters. The maximum Gasteiger partial charge on any atom is 0.287 e. The summed E-state index contributed by atoms with van der Waals surface area (Å²) >= 11 is 3.13. The summed E-state index contributed by atoms with van der Waals surface area (Å²) in [5.74, 6) is -0.589. The molecule has 2 heterocycles. The zero-order valence-corrected chi connectivity index (χ0v) is 15.8. The van der Waals surface area contributed by atoms with Crippen LogP contribution in [0.4, 0.5) is 5.69 Å². The Bertz CT molecular complexity index is 754. The molecule has 3 rings (SSSR count). The fourth-order valence-corrected chi connectivity index (χ4v) is 2.91. The van der Waals surface area contributed by atoms with Crippen molar-refractivity contribution in [2.24, 2.45) is 0 Å². The number of halogens is 1. The van der Waals surface area contributed by atoms with Gasteiger partial charge in [-0.3, -0.25) is 14.5 Å². The van der Waals surface area contributed by atoms with E-state index in [0.29, 0.717) is 10.4 Å². The molecular formula is C18H20BrN3O4. The summed E-state index contributed by atoms with van der Waals surface area (Å²) in [4.78, 5) is 26.1. The second-order valence-corrected chi connectivity index (χ2v) is 6.70. The van der Waals surface area contributed by atoms with E-state index in [1.54, 1.807) is 6.07 Å². The van der Waals surface area contributed by atoms with Gasteiger partial charge in [-0.05, 0) is 45.8 Å². The number of nitrogens with zero attached hydrogens (tertiary/aromatic N) is 1. The first kappa shape index (κ1) is 18.6. The van der Waals surface area contributed by atoms with Gasteiger partial charge in [0.1, 0.15) is 0 Å². The van der Waals surface area contributed by atoms with E-state index in [2.05, 4.69) is 31.5 Å². The number of anilines is 1. The Morgan fingerprint density at radius 3 is 2.46 bits per heavy atom. The van der Waals surface area contributed by atoms with Crippen molar-refractivity contribution in [1.29, 1.82) is 0 Å². The highest BCUT2D eigenvalue weighted by atomic mass is 79.9. The van der Waals surface area contributed by atoms with Crippen molar-refractivity contribution in [3.05, 3.63) is 52.4 Å². The van der Waals surface area contributed by atoms with Crippen LogP contribution in [0.5, 0.6) is 0 Å². The van der Waals surface area contributed by atoms with Crippen LogP contribution in [0.3, 0.4) is 0 Å². The number of hydrogen-bond acceptors (Lipinski definition) is 5. The molecule has 2 N–H and O–H groups in total. The molecule has 0 radical (unpaired) electrons. The molecule has 0 spiro atoms. The van der Waals surface area contributed by atoms with Gasteiger partial charge in [-0.15, -0.1) is 0 Å². The number of benzene rings is 1. The second kappa shape index (κ2) is 8.98. The number of furan rings is 1. The van der Waals surface area contributed by atoms with Crippen LogP contribution < -0.4 is 10.6 Å². The van der Waals surface area contributed by atoms with Crippen molar-refractivity contribution in [2.45, 2.75) is 6.54 Å². The molecule has 1 saturated heterocycles. The third-order valence-corrected chi connectivity index (χ3v) is 4.38. The van der Waals surface area contributed by atoms with E-state index >= 15 is 0 Å². The van der Waals surface area contributed by atoms with Gasteiger partial charge in [-0.2, -0.15) is 0 Å². The molecule has 1 aliphatic rings. The Morgan fingerprint density at radius 1 is 1.08 bits per heavy atom. The predicted molar refractivity (Wildman–Crippen MR) is 99.9 cm³/mol. The van der Waals surface area contributed by atoms with Crippen LogP contribution in [-0.4, -0.2) is 49.6 Å². The molecule has 0 bridgehead atoms. The molecule has 0 unspecified atom stereocenters. The Hall–Kier alpha value is -2.16. The van der Waals surface area contributed by atoms with E-state index in [1.807, 2.05) is 24.3 Å². The SMILES string of the molecule is O=C(CNC(=O)c1ccc(Br)o1)Nc1ccc(CN2CCOCC2)cc1. The number of ether oxygens (including phenoxy) is 1. The highest BCUT2D eigenvalue weighted by Gasteiger charge is 2.13. The van der Waals surface area contributed by atoms with Crippen molar-refractivity contribution >= 4 is 33.4 Å². The Labute approximate surface area is 159 Å². The first-order chi connectivity index (χ1) is 12.6. The zero-order valence-electron chi connectivity index (χ0n) is 14.2. The van der Waals surface area contributed by atoms with E-state index < -0.39 is 5.91 Å². The minimum atomic E-state index is -0.438. The maximum absolute atomic E-state index is 12.0. The molecule has 138 valence electrons. The molecule has 0 saturated carbocycles. The summed E-state index contributed by atoms with van der Waals surface area (Å²) in [6.07, 6.45) is 0. The summed E-state index contributed by atoms with van der Waals surface area (Å²) < 4.78 is 10.9. The molecule has 7 nitrogen and oxygen atoms in total. The van der Waals surface area contributed by atoms with Crippen LogP contribution in [0.15, 0.2) is 45.5 Å². The molecule has 8 heteroatoms. The molecule has 1 fully saturated rings. The van der Waals surface area contributed by atoms with Gasteiger partial charge >= 0.3 is 0 Å². The minimum Gasteiger partial charge on any atom is -0.444 e. The third kappa shape index (κ3) is 5.42. The lowest BCUT2D eigenvalue weighted by molar-refractivity contribution is -0.115. The number of rotatable bonds is 6. The van der Waals surface area contributed by atoms with E-state index in [-0.39, 0.29) is 18.2 Å². The number of nitrogens with one attached hydrogen (secondary N) is 2. The van der Waals surface area contributed by atoms with Gasteiger partial charge in [-0.1, -0.05) is 12.1 Å². The van der Waals surface area contributed by atoms with Gasteiger partial charge in [0.05, 0.1) is 19.8 Å². The van der Waals surface area contributed by atoms with Crippen LogP contribution in [0, 0.1) is 0 Å². The number of amides is 2. The largest absolute Gasteiger partial charge is 0.444 e. The number of carbonyl (C=O) groups is 2. The quantitative estimate of drug-likeness (QED) is 0.746. The van der Waals surface area contributed by atoms with Crippen molar-refractivity contribution < 1.29 is 18.7 Å². The van der Waals surface area contributed by atoms with E-state index in [4.69, 9.17) is 9.15 Å². The van der Waals surface area contributed by atoms with Gasteiger partial charge < -0.3 is 19.8 Å². The molecule has 26 heavy (non-hydrogen) atoms. The summed E-state index contributed by atoms with van der Waals surface area (Å²) in [5, 5.41) is 5.27. The molecule has 1 aliphatic heterocycles. The van der Waals surface area contributed by atoms with Crippen LogP contribution in [0.25, 0.3) is 0 Å².